The molecule has 0 atom stereocenters. The summed E-state index contributed by atoms with van der Waals surface area (Å²) < 4.78 is 0. The SMILES string of the molecule is CCc1ccc(Cc2ccc(Cc3ccc(Cc4ccc(CC)cc4)c(C)c3CC)cc2)cc1. The molecule has 0 N–H and O–H groups in total. The van der Waals surface area contributed by atoms with Gasteiger partial charge in [-0.05, 0) is 101 Å². The fraction of sp³-hybridized carbons (Fsp3) is 0.294. The molecule has 0 aliphatic heterocycles. The fourth-order valence-electron chi connectivity index (χ4n) is 4.95. The Morgan fingerprint density at radius 1 is 0.382 bits per heavy atom. The van der Waals surface area contributed by atoms with Gasteiger partial charge in [0.2, 0.25) is 0 Å². The van der Waals surface area contributed by atoms with Gasteiger partial charge >= 0.3 is 0 Å². The maximum atomic E-state index is 2.37. The molecule has 0 fully saturated rings. The normalized spacial score (nSPS) is 11.1. The van der Waals surface area contributed by atoms with Gasteiger partial charge in [-0.25, -0.2) is 0 Å². The van der Waals surface area contributed by atoms with Gasteiger partial charge in [0, 0.05) is 0 Å². The summed E-state index contributed by atoms with van der Waals surface area (Å²) in [5, 5.41) is 0. The molecule has 0 heteroatoms. The second-order valence-corrected chi connectivity index (χ2v) is 9.53. The van der Waals surface area contributed by atoms with Crippen molar-refractivity contribution in [3.05, 3.63) is 141 Å². The van der Waals surface area contributed by atoms with Crippen LogP contribution in [-0.2, 0) is 38.5 Å². The highest BCUT2D eigenvalue weighted by Gasteiger charge is 2.10. The highest BCUT2D eigenvalue weighted by molar-refractivity contribution is 5.45. The van der Waals surface area contributed by atoms with Crippen LogP contribution in [0.25, 0.3) is 0 Å². The molecule has 0 heterocycles. The van der Waals surface area contributed by atoms with Crippen LogP contribution in [0.5, 0.6) is 0 Å². The average molecular weight is 447 g/mol. The predicted octanol–water partition coefficient (Wildman–Crippen LogP) is 8.45. The van der Waals surface area contributed by atoms with Gasteiger partial charge in [-0.15, -0.1) is 0 Å². The van der Waals surface area contributed by atoms with Crippen molar-refractivity contribution in [3.63, 3.8) is 0 Å². The molecule has 0 saturated carbocycles. The Kier molecular flexibility index (Phi) is 8.01. The van der Waals surface area contributed by atoms with Crippen LogP contribution in [0.1, 0.15) is 76.4 Å². The summed E-state index contributed by atoms with van der Waals surface area (Å²) in [7, 11) is 0. The van der Waals surface area contributed by atoms with E-state index in [9.17, 15) is 0 Å². The van der Waals surface area contributed by atoms with Crippen molar-refractivity contribution in [2.75, 3.05) is 0 Å². The Hall–Kier alpha value is -3.12. The minimum atomic E-state index is 0.998. The first-order valence-electron chi connectivity index (χ1n) is 12.9. The maximum Gasteiger partial charge on any atom is -0.00229 e. The van der Waals surface area contributed by atoms with Gasteiger partial charge in [0.15, 0.2) is 0 Å². The molecule has 0 radical (unpaired) electrons. The highest BCUT2D eigenvalue weighted by atomic mass is 14.2. The zero-order valence-corrected chi connectivity index (χ0v) is 21.3. The van der Waals surface area contributed by atoms with Crippen molar-refractivity contribution in [1.82, 2.24) is 0 Å². The highest BCUT2D eigenvalue weighted by Crippen LogP contribution is 2.25. The van der Waals surface area contributed by atoms with E-state index in [1.165, 1.54) is 55.6 Å². The Labute approximate surface area is 206 Å². The smallest absolute Gasteiger partial charge is 0.00229 e. The van der Waals surface area contributed by atoms with E-state index in [4.69, 9.17) is 0 Å². The summed E-state index contributed by atoms with van der Waals surface area (Å²) >= 11 is 0. The van der Waals surface area contributed by atoms with Crippen LogP contribution in [0.3, 0.4) is 0 Å². The van der Waals surface area contributed by atoms with Crippen LogP contribution in [-0.4, -0.2) is 0 Å². The molecule has 0 nitrogen and oxygen atoms in total. The van der Waals surface area contributed by atoms with Gasteiger partial charge in [-0.2, -0.15) is 0 Å². The average Bonchev–Trinajstić information content (AvgIpc) is 2.88. The molecule has 0 spiro atoms. The molecule has 0 aliphatic rings. The fourth-order valence-corrected chi connectivity index (χ4v) is 4.95. The van der Waals surface area contributed by atoms with Gasteiger partial charge in [0.1, 0.15) is 0 Å². The Bertz CT molecular complexity index is 1190. The van der Waals surface area contributed by atoms with Gasteiger partial charge in [0.25, 0.3) is 0 Å². The molecular weight excluding hydrogens is 408 g/mol. The quantitative estimate of drug-likeness (QED) is 0.242. The Balaban J connectivity index is 1.46. The Morgan fingerprint density at radius 3 is 1.15 bits per heavy atom. The number of hydrogen-bond donors (Lipinski definition) is 0. The molecule has 4 aromatic carbocycles. The van der Waals surface area contributed by atoms with E-state index in [2.05, 4.69) is 113 Å². The van der Waals surface area contributed by atoms with Gasteiger partial charge in [-0.1, -0.05) is 106 Å². The molecular formula is C34H38. The second-order valence-electron chi connectivity index (χ2n) is 9.53. The Morgan fingerprint density at radius 2 is 0.735 bits per heavy atom. The number of benzene rings is 4. The molecule has 0 aliphatic carbocycles. The van der Waals surface area contributed by atoms with Crippen LogP contribution in [0.15, 0.2) is 84.9 Å². The first-order valence-corrected chi connectivity index (χ1v) is 12.9. The summed E-state index contributed by atoms with van der Waals surface area (Å²) in [4.78, 5) is 0. The van der Waals surface area contributed by atoms with Crippen molar-refractivity contribution < 1.29 is 0 Å². The summed E-state index contributed by atoms with van der Waals surface area (Å²) in [6, 6.07) is 32.1. The van der Waals surface area contributed by atoms with Gasteiger partial charge in [0.05, 0.1) is 0 Å². The molecule has 34 heavy (non-hydrogen) atoms. The summed E-state index contributed by atoms with van der Waals surface area (Å²) in [5.41, 5.74) is 14.3. The second kappa shape index (κ2) is 11.3. The third kappa shape index (κ3) is 5.86. The predicted molar refractivity (Wildman–Crippen MR) is 147 cm³/mol. The lowest BCUT2D eigenvalue weighted by molar-refractivity contribution is 1.01. The molecule has 4 rings (SSSR count). The van der Waals surface area contributed by atoms with Crippen molar-refractivity contribution in [2.45, 2.75) is 66.2 Å². The van der Waals surface area contributed by atoms with Gasteiger partial charge < -0.3 is 0 Å². The molecule has 174 valence electrons. The number of rotatable bonds is 9. The van der Waals surface area contributed by atoms with Crippen LogP contribution in [0.4, 0.5) is 0 Å². The zero-order chi connectivity index (χ0) is 23.9. The van der Waals surface area contributed by atoms with E-state index in [1.54, 1.807) is 0 Å². The lowest BCUT2D eigenvalue weighted by atomic mass is 9.89. The molecule has 0 amide bonds. The minimum Gasteiger partial charge on any atom is -0.0613 e. The van der Waals surface area contributed by atoms with Crippen LogP contribution in [0.2, 0.25) is 0 Å². The zero-order valence-electron chi connectivity index (χ0n) is 21.3. The first-order chi connectivity index (χ1) is 16.6. The van der Waals surface area contributed by atoms with E-state index in [1.807, 2.05) is 0 Å². The lowest BCUT2D eigenvalue weighted by Gasteiger charge is -2.16. The summed E-state index contributed by atoms with van der Waals surface area (Å²) in [6.45, 7) is 9.02. The van der Waals surface area contributed by atoms with Crippen LogP contribution in [0, 0.1) is 6.92 Å². The summed E-state index contributed by atoms with van der Waals surface area (Å²) in [5.74, 6) is 0. The topological polar surface area (TPSA) is 0 Å². The molecule has 0 saturated heterocycles. The van der Waals surface area contributed by atoms with Crippen molar-refractivity contribution in [2.24, 2.45) is 0 Å². The van der Waals surface area contributed by atoms with Crippen LogP contribution >= 0.6 is 0 Å². The van der Waals surface area contributed by atoms with Gasteiger partial charge in [-0.3, -0.25) is 0 Å². The van der Waals surface area contributed by atoms with Crippen molar-refractivity contribution >= 4 is 0 Å². The first kappa shape index (κ1) is 24.0. The van der Waals surface area contributed by atoms with Crippen molar-refractivity contribution in [1.29, 1.82) is 0 Å². The van der Waals surface area contributed by atoms with Crippen molar-refractivity contribution in [3.8, 4) is 0 Å². The lowest BCUT2D eigenvalue weighted by Crippen LogP contribution is -2.02. The van der Waals surface area contributed by atoms with Crippen LogP contribution < -0.4 is 0 Å². The largest absolute Gasteiger partial charge is 0.0613 e. The monoisotopic (exact) mass is 446 g/mol. The van der Waals surface area contributed by atoms with E-state index < -0.39 is 0 Å². The third-order valence-electron chi connectivity index (χ3n) is 7.24. The molecule has 0 bridgehead atoms. The van der Waals surface area contributed by atoms with E-state index in [0.717, 1.165) is 38.5 Å². The third-order valence-corrected chi connectivity index (χ3v) is 7.24. The number of aryl methyl sites for hydroxylation is 2. The van der Waals surface area contributed by atoms with E-state index >= 15 is 0 Å². The maximum absolute atomic E-state index is 2.37. The van der Waals surface area contributed by atoms with E-state index in [0.29, 0.717) is 0 Å². The van der Waals surface area contributed by atoms with E-state index in [-0.39, 0.29) is 0 Å². The minimum absolute atomic E-state index is 0.998. The number of hydrogen-bond acceptors (Lipinski definition) is 0. The molecule has 4 aromatic rings. The molecule has 0 aromatic heterocycles. The summed E-state index contributed by atoms with van der Waals surface area (Å²) in [6.07, 6.45) is 6.29. The molecule has 0 unspecified atom stereocenters. The standard InChI is InChI=1S/C34H38/c1-5-26-8-12-28(13-9-26)22-29-16-18-31(19-17-29)24-33-21-20-32(25(4)34(33)7-3)23-30-14-10-27(6-2)11-15-30/h8-21H,5-7,22-24H2,1-4H3.